The van der Waals surface area contributed by atoms with Crippen molar-refractivity contribution in [1.29, 1.82) is 0 Å². The molecule has 2 rings (SSSR count). The normalized spacial score (nSPS) is 15.9. The van der Waals surface area contributed by atoms with Crippen molar-refractivity contribution in [3.63, 3.8) is 0 Å². The zero-order valence-electron chi connectivity index (χ0n) is 9.69. The molecule has 18 heavy (non-hydrogen) atoms. The van der Waals surface area contributed by atoms with Crippen LogP contribution >= 0.6 is 15.9 Å². The number of carboxylic acid groups (broad SMARTS) is 1. The molecule has 0 bridgehead atoms. The van der Waals surface area contributed by atoms with Crippen LogP contribution in [0.3, 0.4) is 0 Å². The smallest absolute Gasteiger partial charge is 0.305 e. The first-order valence-corrected chi connectivity index (χ1v) is 6.43. The quantitative estimate of drug-likeness (QED) is 0.892. The Hall–Kier alpha value is -1.27. The molecule has 0 radical (unpaired) electrons. The van der Waals surface area contributed by atoms with Crippen molar-refractivity contribution in [3.05, 3.63) is 22.2 Å². The molecule has 0 aromatic heterocycles. The van der Waals surface area contributed by atoms with Crippen molar-refractivity contribution in [2.45, 2.75) is 18.9 Å². The number of hydrogen-bond acceptors (Lipinski definition) is 4. The highest BCUT2D eigenvalue weighted by atomic mass is 79.9. The minimum Gasteiger partial charge on any atom is -0.490 e. The molecule has 0 unspecified atom stereocenters. The lowest BCUT2D eigenvalue weighted by Gasteiger charge is -2.15. The third-order valence-corrected chi connectivity index (χ3v) is 3.24. The fourth-order valence-electron chi connectivity index (χ4n) is 1.77. The second kappa shape index (κ2) is 5.58. The molecule has 1 aliphatic rings. The van der Waals surface area contributed by atoms with Crippen molar-refractivity contribution in [2.75, 3.05) is 13.2 Å². The summed E-state index contributed by atoms with van der Waals surface area (Å²) in [5.41, 5.74) is 6.56. The standard InChI is InChI=1S/C12H14BrNO4/c13-8-4-7(9(14)6-11(15)16)5-10-12(8)18-3-1-2-17-10/h4-5,9H,1-3,6,14H2,(H,15,16)/t9-/m1/s1. The largest absolute Gasteiger partial charge is 0.490 e. The first-order chi connectivity index (χ1) is 8.58. The number of halogens is 1. The van der Waals surface area contributed by atoms with Gasteiger partial charge in [0.1, 0.15) is 0 Å². The number of ether oxygens (including phenoxy) is 2. The van der Waals surface area contributed by atoms with Gasteiger partial charge in [0.25, 0.3) is 0 Å². The molecule has 0 amide bonds. The lowest BCUT2D eigenvalue weighted by Crippen LogP contribution is -2.15. The summed E-state index contributed by atoms with van der Waals surface area (Å²) in [6.07, 6.45) is 0.698. The molecule has 1 heterocycles. The minimum atomic E-state index is -0.925. The summed E-state index contributed by atoms with van der Waals surface area (Å²) in [5, 5.41) is 8.75. The van der Waals surface area contributed by atoms with Crippen LogP contribution < -0.4 is 15.2 Å². The SMILES string of the molecule is N[C@H](CC(=O)O)c1cc(Br)c2c(c1)OCCCO2. The van der Waals surface area contributed by atoms with E-state index in [0.717, 1.165) is 10.9 Å². The zero-order chi connectivity index (χ0) is 13.1. The molecule has 1 aromatic carbocycles. The topological polar surface area (TPSA) is 81.8 Å². The summed E-state index contributed by atoms with van der Waals surface area (Å²) in [5.74, 6) is 0.335. The molecule has 0 fully saturated rings. The van der Waals surface area contributed by atoms with Crippen LogP contribution in [-0.4, -0.2) is 24.3 Å². The van der Waals surface area contributed by atoms with Gasteiger partial charge in [-0.1, -0.05) is 0 Å². The van der Waals surface area contributed by atoms with E-state index in [4.69, 9.17) is 20.3 Å². The molecule has 5 nitrogen and oxygen atoms in total. The Kier molecular flexibility index (Phi) is 4.08. The van der Waals surface area contributed by atoms with E-state index in [0.29, 0.717) is 30.3 Å². The summed E-state index contributed by atoms with van der Waals surface area (Å²) < 4.78 is 11.9. The average Bonchev–Trinajstić information content (AvgIpc) is 2.53. The fraction of sp³-hybridized carbons (Fsp3) is 0.417. The Morgan fingerprint density at radius 3 is 2.89 bits per heavy atom. The number of nitrogens with two attached hydrogens (primary N) is 1. The molecule has 6 heteroatoms. The van der Waals surface area contributed by atoms with E-state index in [1.165, 1.54) is 0 Å². The maximum Gasteiger partial charge on any atom is 0.305 e. The van der Waals surface area contributed by atoms with E-state index in [1.807, 2.05) is 0 Å². The van der Waals surface area contributed by atoms with Crippen molar-refractivity contribution < 1.29 is 19.4 Å². The highest BCUT2D eigenvalue weighted by molar-refractivity contribution is 9.10. The third-order valence-electron chi connectivity index (χ3n) is 2.65. The van der Waals surface area contributed by atoms with Crippen LogP contribution in [0.5, 0.6) is 11.5 Å². The Morgan fingerprint density at radius 2 is 2.17 bits per heavy atom. The highest BCUT2D eigenvalue weighted by Gasteiger charge is 2.19. The van der Waals surface area contributed by atoms with Gasteiger partial charge in [0.15, 0.2) is 11.5 Å². The molecule has 1 aliphatic heterocycles. The Labute approximate surface area is 113 Å². The van der Waals surface area contributed by atoms with Crippen LogP contribution in [0.1, 0.15) is 24.4 Å². The van der Waals surface area contributed by atoms with E-state index in [9.17, 15) is 4.79 Å². The van der Waals surface area contributed by atoms with Crippen LogP contribution in [0.25, 0.3) is 0 Å². The number of carboxylic acids is 1. The molecule has 1 atom stereocenters. The molecule has 1 aromatic rings. The monoisotopic (exact) mass is 315 g/mol. The van der Waals surface area contributed by atoms with Gasteiger partial charge in [0.05, 0.1) is 24.1 Å². The van der Waals surface area contributed by atoms with Crippen LogP contribution in [0.2, 0.25) is 0 Å². The minimum absolute atomic E-state index is 0.119. The number of rotatable bonds is 3. The summed E-state index contributed by atoms with van der Waals surface area (Å²) in [7, 11) is 0. The van der Waals surface area contributed by atoms with E-state index in [-0.39, 0.29) is 6.42 Å². The van der Waals surface area contributed by atoms with Gasteiger partial charge in [-0.05, 0) is 33.6 Å². The molecule has 0 aliphatic carbocycles. The number of carbonyl (C=O) groups is 1. The van der Waals surface area contributed by atoms with E-state index in [2.05, 4.69) is 15.9 Å². The molecule has 0 spiro atoms. The zero-order valence-corrected chi connectivity index (χ0v) is 11.3. The van der Waals surface area contributed by atoms with Gasteiger partial charge in [0.2, 0.25) is 0 Å². The fourth-order valence-corrected chi connectivity index (χ4v) is 2.34. The third kappa shape index (κ3) is 2.94. The first kappa shape index (κ1) is 13.2. The Bertz CT molecular complexity index is 464. The maximum atomic E-state index is 10.7. The van der Waals surface area contributed by atoms with Crippen LogP contribution in [-0.2, 0) is 4.79 Å². The van der Waals surface area contributed by atoms with Gasteiger partial charge in [-0.3, -0.25) is 4.79 Å². The van der Waals surface area contributed by atoms with Crippen LogP contribution in [0.15, 0.2) is 16.6 Å². The predicted molar refractivity (Wildman–Crippen MR) is 68.9 cm³/mol. The van der Waals surface area contributed by atoms with Crippen LogP contribution in [0.4, 0.5) is 0 Å². The van der Waals surface area contributed by atoms with Gasteiger partial charge >= 0.3 is 5.97 Å². The molecule has 0 saturated carbocycles. The van der Waals surface area contributed by atoms with Crippen molar-refractivity contribution in [3.8, 4) is 11.5 Å². The van der Waals surface area contributed by atoms with E-state index >= 15 is 0 Å². The number of fused-ring (bicyclic) bond motifs is 1. The number of hydrogen-bond donors (Lipinski definition) is 2. The van der Waals surface area contributed by atoms with Crippen molar-refractivity contribution >= 4 is 21.9 Å². The summed E-state index contributed by atoms with van der Waals surface area (Å²) >= 11 is 3.39. The molecular weight excluding hydrogens is 302 g/mol. The van der Waals surface area contributed by atoms with Crippen molar-refractivity contribution in [1.82, 2.24) is 0 Å². The molecule has 98 valence electrons. The van der Waals surface area contributed by atoms with Gasteiger partial charge < -0.3 is 20.3 Å². The van der Waals surface area contributed by atoms with E-state index < -0.39 is 12.0 Å². The van der Waals surface area contributed by atoms with Gasteiger partial charge in [0, 0.05) is 12.5 Å². The Morgan fingerprint density at radius 1 is 1.44 bits per heavy atom. The predicted octanol–water partition coefficient (Wildman–Crippen LogP) is 2.08. The first-order valence-electron chi connectivity index (χ1n) is 5.64. The van der Waals surface area contributed by atoms with Gasteiger partial charge in [-0.2, -0.15) is 0 Å². The maximum absolute atomic E-state index is 10.7. The molecule has 0 saturated heterocycles. The number of benzene rings is 1. The van der Waals surface area contributed by atoms with Crippen LogP contribution in [0, 0.1) is 0 Å². The number of aliphatic carboxylic acids is 1. The average molecular weight is 316 g/mol. The summed E-state index contributed by atoms with van der Waals surface area (Å²) in [6.45, 7) is 1.18. The van der Waals surface area contributed by atoms with Crippen molar-refractivity contribution in [2.24, 2.45) is 5.73 Å². The lowest BCUT2D eigenvalue weighted by molar-refractivity contribution is -0.137. The lowest BCUT2D eigenvalue weighted by atomic mass is 10.0. The second-order valence-electron chi connectivity index (χ2n) is 4.08. The van der Waals surface area contributed by atoms with Gasteiger partial charge in [-0.15, -0.1) is 0 Å². The molecule has 3 N–H and O–H groups in total. The van der Waals surface area contributed by atoms with E-state index in [1.54, 1.807) is 12.1 Å². The Balaban J connectivity index is 2.31. The highest BCUT2D eigenvalue weighted by Crippen LogP contribution is 2.39. The summed E-state index contributed by atoms with van der Waals surface area (Å²) in [4.78, 5) is 10.7. The second-order valence-corrected chi connectivity index (χ2v) is 4.94. The summed E-state index contributed by atoms with van der Waals surface area (Å²) in [6, 6.07) is 2.97. The molecular formula is C12H14BrNO4. The van der Waals surface area contributed by atoms with Gasteiger partial charge in [-0.25, -0.2) is 0 Å².